The standard InChI is InChI=1S/C16H15ClN4O4S/c1-25-21-14(12-9-26-16(19-12)20-13(23)7-17)15(24)18-11(8-22)10-5-3-2-4-6-10/h2-6,8-9,11H,7H2,1H3,(H,18,24)(H,19,20,23). The van der Waals surface area contributed by atoms with E-state index in [0.717, 1.165) is 11.3 Å². The molecule has 0 aliphatic carbocycles. The van der Waals surface area contributed by atoms with Crippen LogP contribution in [0.3, 0.4) is 0 Å². The molecule has 0 saturated carbocycles. The molecule has 2 rings (SSSR count). The van der Waals surface area contributed by atoms with E-state index in [2.05, 4.69) is 20.8 Å². The smallest absolute Gasteiger partial charge is 0.276 e. The van der Waals surface area contributed by atoms with E-state index in [-0.39, 0.29) is 22.4 Å². The minimum absolute atomic E-state index is 0.127. The molecule has 0 fully saturated rings. The van der Waals surface area contributed by atoms with Crippen molar-refractivity contribution in [3.05, 3.63) is 47.0 Å². The summed E-state index contributed by atoms with van der Waals surface area (Å²) >= 11 is 6.53. The van der Waals surface area contributed by atoms with Crippen LogP contribution in [0.25, 0.3) is 0 Å². The van der Waals surface area contributed by atoms with E-state index in [4.69, 9.17) is 16.4 Å². The van der Waals surface area contributed by atoms with Gasteiger partial charge in [-0.25, -0.2) is 4.98 Å². The van der Waals surface area contributed by atoms with Crippen LogP contribution in [-0.4, -0.2) is 41.8 Å². The first-order valence-electron chi connectivity index (χ1n) is 7.33. The molecule has 1 unspecified atom stereocenters. The second-order valence-corrected chi connectivity index (χ2v) is 5.97. The van der Waals surface area contributed by atoms with Crippen LogP contribution in [0.5, 0.6) is 0 Å². The van der Waals surface area contributed by atoms with Gasteiger partial charge in [0, 0.05) is 5.38 Å². The second kappa shape index (κ2) is 9.64. The number of amides is 2. The number of benzene rings is 1. The molecule has 8 nitrogen and oxygen atoms in total. The molecule has 1 heterocycles. The molecular weight excluding hydrogens is 380 g/mol. The third kappa shape index (κ3) is 5.11. The fourth-order valence-electron chi connectivity index (χ4n) is 1.95. The van der Waals surface area contributed by atoms with E-state index >= 15 is 0 Å². The number of carbonyl (C=O) groups is 3. The summed E-state index contributed by atoms with van der Waals surface area (Å²) in [5.41, 5.74) is 0.691. The predicted octanol–water partition coefficient (Wildman–Crippen LogP) is 1.73. The van der Waals surface area contributed by atoms with Gasteiger partial charge in [-0.05, 0) is 5.56 Å². The van der Waals surface area contributed by atoms with E-state index in [1.807, 2.05) is 0 Å². The number of aldehydes is 1. The second-order valence-electron chi connectivity index (χ2n) is 4.84. The number of oxime groups is 1. The average molecular weight is 395 g/mol. The Kier molecular flexibility index (Phi) is 7.24. The fourth-order valence-corrected chi connectivity index (χ4v) is 2.73. The van der Waals surface area contributed by atoms with Crippen LogP contribution in [-0.2, 0) is 19.2 Å². The van der Waals surface area contributed by atoms with Crippen molar-refractivity contribution < 1.29 is 19.2 Å². The molecule has 1 atom stereocenters. The van der Waals surface area contributed by atoms with E-state index in [0.29, 0.717) is 11.8 Å². The van der Waals surface area contributed by atoms with E-state index in [9.17, 15) is 14.4 Å². The SMILES string of the molecule is CON=C(C(=O)NC(C=O)c1ccccc1)c1csc(NC(=O)CCl)n1. The van der Waals surface area contributed by atoms with Gasteiger partial charge in [0.2, 0.25) is 5.91 Å². The van der Waals surface area contributed by atoms with Crippen molar-refractivity contribution in [3.63, 3.8) is 0 Å². The number of nitrogens with one attached hydrogen (secondary N) is 2. The monoisotopic (exact) mass is 394 g/mol. The van der Waals surface area contributed by atoms with Crippen molar-refractivity contribution in [1.82, 2.24) is 10.3 Å². The van der Waals surface area contributed by atoms with Crippen molar-refractivity contribution in [2.45, 2.75) is 6.04 Å². The topological polar surface area (TPSA) is 110 Å². The highest BCUT2D eigenvalue weighted by Gasteiger charge is 2.22. The summed E-state index contributed by atoms with van der Waals surface area (Å²) < 4.78 is 0. The maximum Gasteiger partial charge on any atom is 0.276 e. The summed E-state index contributed by atoms with van der Waals surface area (Å²) in [6, 6.07) is 7.91. The zero-order valence-corrected chi connectivity index (χ0v) is 15.2. The predicted molar refractivity (Wildman–Crippen MR) is 98.4 cm³/mol. The zero-order chi connectivity index (χ0) is 18.9. The van der Waals surface area contributed by atoms with Crippen LogP contribution >= 0.6 is 22.9 Å². The Hall–Kier alpha value is -2.78. The van der Waals surface area contributed by atoms with Gasteiger partial charge in [0.15, 0.2) is 10.8 Å². The lowest BCUT2D eigenvalue weighted by atomic mass is 10.1. The Morgan fingerprint density at radius 2 is 2.12 bits per heavy atom. The minimum Gasteiger partial charge on any atom is -0.398 e. The van der Waals surface area contributed by atoms with Crippen LogP contribution < -0.4 is 10.6 Å². The van der Waals surface area contributed by atoms with Gasteiger partial charge in [0.25, 0.3) is 5.91 Å². The highest BCUT2D eigenvalue weighted by atomic mass is 35.5. The molecule has 0 radical (unpaired) electrons. The molecule has 2 aromatic rings. The molecule has 2 amide bonds. The van der Waals surface area contributed by atoms with Crippen LogP contribution in [0.15, 0.2) is 40.9 Å². The van der Waals surface area contributed by atoms with Crippen molar-refractivity contribution >= 4 is 51.9 Å². The molecule has 1 aromatic carbocycles. The van der Waals surface area contributed by atoms with Gasteiger partial charge in [-0.2, -0.15) is 0 Å². The zero-order valence-electron chi connectivity index (χ0n) is 13.6. The summed E-state index contributed by atoms with van der Waals surface area (Å²) in [6.07, 6.45) is 0.616. The first kappa shape index (κ1) is 19.5. The number of halogens is 1. The third-order valence-electron chi connectivity index (χ3n) is 3.09. The fraction of sp³-hybridized carbons (Fsp3) is 0.188. The number of nitrogens with zero attached hydrogens (tertiary/aromatic N) is 2. The van der Waals surface area contributed by atoms with E-state index < -0.39 is 17.9 Å². The summed E-state index contributed by atoms with van der Waals surface area (Å²) in [6.45, 7) is 0. The Morgan fingerprint density at radius 3 is 2.73 bits per heavy atom. The van der Waals surface area contributed by atoms with Gasteiger partial charge in [0.1, 0.15) is 31.0 Å². The lowest BCUT2D eigenvalue weighted by molar-refractivity contribution is -0.119. The largest absolute Gasteiger partial charge is 0.398 e. The van der Waals surface area contributed by atoms with Gasteiger partial charge in [0.05, 0.1) is 0 Å². The van der Waals surface area contributed by atoms with Crippen LogP contribution in [0, 0.1) is 0 Å². The van der Waals surface area contributed by atoms with E-state index in [1.54, 1.807) is 30.3 Å². The molecule has 0 aliphatic heterocycles. The minimum atomic E-state index is -0.847. The Bertz CT molecular complexity index is 810. The molecule has 1 aromatic heterocycles. The molecule has 0 saturated heterocycles. The number of anilines is 1. The summed E-state index contributed by atoms with van der Waals surface area (Å²) in [5.74, 6) is -1.28. The first-order valence-corrected chi connectivity index (χ1v) is 8.74. The highest BCUT2D eigenvalue weighted by Crippen LogP contribution is 2.17. The Labute approximate surface area is 158 Å². The van der Waals surface area contributed by atoms with Gasteiger partial charge in [-0.1, -0.05) is 35.5 Å². The van der Waals surface area contributed by atoms with Gasteiger partial charge >= 0.3 is 0 Å². The van der Waals surface area contributed by atoms with E-state index in [1.165, 1.54) is 12.5 Å². The lowest BCUT2D eigenvalue weighted by Gasteiger charge is -2.13. The number of rotatable bonds is 8. The third-order valence-corrected chi connectivity index (χ3v) is 4.09. The molecule has 10 heteroatoms. The molecular formula is C16H15ClN4O4S. The summed E-state index contributed by atoms with van der Waals surface area (Å²) in [4.78, 5) is 44.0. The molecule has 2 N–H and O–H groups in total. The van der Waals surface area contributed by atoms with Crippen molar-refractivity contribution in [2.24, 2.45) is 5.16 Å². The Balaban J connectivity index is 2.18. The number of alkyl halides is 1. The molecule has 0 bridgehead atoms. The molecule has 26 heavy (non-hydrogen) atoms. The molecule has 136 valence electrons. The van der Waals surface area contributed by atoms with Crippen molar-refractivity contribution in [1.29, 1.82) is 0 Å². The van der Waals surface area contributed by atoms with Gasteiger partial charge in [-0.3, -0.25) is 9.59 Å². The van der Waals surface area contributed by atoms with Gasteiger partial charge in [-0.15, -0.1) is 22.9 Å². The number of aromatic nitrogens is 1. The highest BCUT2D eigenvalue weighted by molar-refractivity contribution is 7.14. The normalized spacial score (nSPS) is 12.2. The van der Waals surface area contributed by atoms with Crippen LogP contribution in [0.2, 0.25) is 0 Å². The number of thiazole rings is 1. The number of hydrogen-bond acceptors (Lipinski definition) is 7. The Morgan fingerprint density at radius 1 is 1.38 bits per heavy atom. The first-order chi connectivity index (χ1) is 12.6. The van der Waals surface area contributed by atoms with Crippen LogP contribution in [0.4, 0.5) is 5.13 Å². The van der Waals surface area contributed by atoms with Crippen LogP contribution in [0.1, 0.15) is 17.3 Å². The number of carbonyl (C=O) groups excluding carboxylic acids is 3. The average Bonchev–Trinajstić information content (AvgIpc) is 3.12. The maximum atomic E-state index is 12.5. The quantitative estimate of drug-likeness (QED) is 0.306. The lowest BCUT2D eigenvalue weighted by Crippen LogP contribution is -2.36. The van der Waals surface area contributed by atoms with Crippen molar-refractivity contribution in [2.75, 3.05) is 18.3 Å². The van der Waals surface area contributed by atoms with Gasteiger partial charge < -0.3 is 20.3 Å². The number of hydrogen-bond donors (Lipinski definition) is 2. The summed E-state index contributed by atoms with van der Waals surface area (Å²) in [7, 11) is 1.28. The maximum absolute atomic E-state index is 12.5. The van der Waals surface area contributed by atoms with Crippen molar-refractivity contribution in [3.8, 4) is 0 Å². The molecule has 0 aliphatic rings. The molecule has 0 spiro atoms. The summed E-state index contributed by atoms with van der Waals surface area (Å²) in [5, 5.41) is 10.5.